The van der Waals surface area contributed by atoms with Gasteiger partial charge in [0.2, 0.25) is 10.0 Å². The molecule has 0 aliphatic heterocycles. The van der Waals surface area contributed by atoms with Gasteiger partial charge in [0.15, 0.2) is 0 Å². The Kier molecular flexibility index (Phi) is 3.51. The molecule has 1 aromatic carbocycles. The van der Waals surface area contributed by atoms with Crippen molar-refractivity contribution in [1.82, 2.24) is 4.72 Å². The Morgan fingerprint density at radius 1 is 1.29 bits per heavy atom. The lowest BCUT2D eigenvalue weighted by atomic mass is 10.2. The Labute approximate surface area is 102 Å². The average Bonchev–Trinajstić information content (AvgIpc) is 3.06. The summed E-state index contributed by atoms with van der Waals surface area (Å²) in [5.74, 6) is 0.566. The number of benzene rings is 1. The van der Waals surface area contributed by atoms with Crippen molar-refractivity contribution in [2.75, 3.05) is 13.2 Å². The normalized spacial score (nSPS) is 23.6. The molecule has 0 bridgehead atoms. The Morgan fingerprint density at radius 3 is 2.47 bits per heavy atom. The van der Waals surface area contributed by atoms with Gasteiger partial charge in [-0.15, -0.1) is 0 Å². The van der Waals surface area contributed by atoms with Gasteiger partial charge in [-0.25, -0.2) is 13.1 Å². The molecule has 1 fully saturated rings. The van der Waals surface area contributed by atoms with Crippen LogP contribution in [0.5, 0.6) is 0 Å². The molecule has 94 valence electrons. The summed E-state index contributed by atoms with van der Waals surface area (Å²) in [6.45, 7) is 2.48. The first-order chi connectivity index (χ1) is 8.03. The van der Waals surface area contributed by atoms with Gasteiger partial charge in [0, 0.05) is 13.2 Å². The van der Waals surface area contributed by atoms with Crippen molar-refractivity contribution in [3.63, 3.8) is 0 Å². The van der Waals surface area contributed by atoms with Crippen LogP contribution in [0.3, 0.4) is 0 Å². The Bertz CT molecular complexity index is 481. The largest absolute Gasteiger partial charge is 0.396 e. The van der Waals surface area contributed by atoms with E-state index >= 15 is 0 Å². The molecular weight excluding hydrogens is 238 g/mol. The zero-order chi connectivity index (χ0) is 12.5. The molecule has 2 N–H and O–H groups in total. The Balaban J connectivity index is 1.97. The molecule has 2 atom stereocenters. The standard InChI is InChI=1S/C12H17NO3S/c1-9-2-4-12(5-3-9)17(15,16)13-7-10-6-11(10)8-14/h2-5,10-11,13-14H,6-8H2,1H3. The van der Waals surface area contributed by atoms with Crippen molar-refractivity contribution in [2.24, 2.45) is 11.8 Å². The van der Waals surface area contributed by atoms with E-state index in [0.717, 1.165) is 12.0 Å². The third-order valence-corrected chi connectivity index (χ3v) is 4.61. The Morgan fingerprint density at radius 2 is 1.94 bits per heavy atom. The van der Waals surface area contributed by atoms with Gasteiger partial charge in [0.1, 0.15) is 0 Å². The second-order valence-electron chi connectivity index (χ2n) is 4.60. The molecule has 0 aromatic heterocycles. The summed E-state index contributed by atoms with van der Waals surface area (Å²) in [5.41, 5.74) is 1.03. The maximum atomic E-state index is 11.9. The fourth-order valence-corrected chi connectivity index (χ4v) is 2.90. The van der Waals surface area contributed by atoms with Crippen LogP contribution in [0.15, 0.2) is 29.2 Å². The molecule has 1 aliphatic rings. The summed E-state index contributed by atoms with van der Waals surface area (Å²) in [4.78, 5) is 0.296. The Hall–Kier alpha value is -0.910. The summed E-state index contributed by atoms with van der Waals surface area (Å²) in [5, 5.41) is 8.88. The molecule has 1 aromatic rings. The van der Waals surface area contributed by atoms with Crippen LogP contribution in [0.25, 0.3) is 0 Å². The SMILES string of the molecule is Cc1ccc(S(=O)(=O)NCC2CC2CO)cc1. The van der Waals surface area contributed by atoms with Crippen LogP contribution in [0.1, 0.15) is 12.0 Å². The first-order valence-electron chi connectivity index (χ1n) is 5.70. The number of rotatable bonds is 5. The molecule has 0 saturated heterocycles. The molecule has 17 heavy (non-hydrogen) atoms. The number of sulfonamides is 1. The van der Waals surface area contributed by atoms with Gasteiger partial charge in [-0.3, -0.25) is 0 Å². The molecule has 4 nitrogen and oxygen atoms in total. The first-order valence-corrected chi connectivity index (χ1v) is 7.18. The second kappa shape index (κ2) is 4.76. The van der Waals surface area contributed by atoms with E-state index in [4.69, 9.17) is 5.11 Å². The van der Waals surface area contributed by atoms with Crippen LogP contribution in [-0.4, -0.2) is 26.7 Å². The van der Waals surface area contributed by atoms with E-state index in [2.05, 4.69) is 4.72 Å². The first kappa shape index (κ1) is 12.5. The van der Waals surface area contributed by atoms with E-state index in [-0.39, 0.29) is 12.5 Å². The van der Waals surface area contributed by atoms with Crippen LogP contribution >= 0.6 is 0 Å². The van der Waals surface area contributed by atoms with Crippen molar-refractivity contribution < 1.29 is 13.5 Å². The number of aliphatic hydroxyl groups excluding tert-OH is 1. The zero-order valence-corrected chi connectivity index (χ0v) is 10.6. The van der Waals surface area contributed by atoms with E-state index < -0.39 is 10.0 Å². The third-order valence-electron chi connectivity index (χ3n) is 3.17. The third kappa shape index (κ3) is 3.06. The van der Waals surface area contributed by atoms with Gasteiger partial charge in [-0.2, -0.15) is 0 Å². The van der Waals surface area contributed by atoms with Crippen LogP contribution in [-0.2, 0) is 10.0 Å². The van der Waals surface area contributed by atoms with Crippen molar-refractivity contribution in [1.29, 1.82) is 0 Å². The minimum atomic E-state index is -3.40. The predicted molar refractivity (Wildman–Crippen MR) is 65.1 cm³/mol. The number of hydrogen-bond acceptors (Lipinski definition) is 3. The van der Waals surface area contributed by atoms with Crippen LogP contribution in [0, 0.1) is 18.8 Å². The minimum absolute atomic E-state index is 0.150. The highest BCUT2D eigenvalue weighted by Crippen LogP contribution is 2.37. The second-order valence-corrected chi connectivity index (χ2v) is 6.37. The highest BCUT2D eigenvalue weighted by molar-refractivity contribution is 7.89. The molecule has 0 spiro atoms. The quantitative estimate of drug-likeness (QED) is 0.821. The summed E-state index contributed by atoms with van der Waals surface area (Å²) in [6.07, 6.45) is 0.910. The highest BCUT2D eigenvalue weighted by Gasteiger charge is 2.36. The van der Waals surface area contributed by atoms with Crippen molar-refractivity contribution in [3.05, 3.63) is 29.8 Å². The van der Waals surface area contributed by atoms with Gasteiger partial charge in [-0.05, 0) is 37.3 Å². The lowest BCUT2D eigenvalue weighted by molar-refractivity contribution is 0.269. The lowest BCUT2D eigenvalue weighted by Crippen LogP contribution is -2.26. The van der Waals surface area contributed by atoms with Gasteiger partial charge >= 0.3 is 0 Å². The molecule has 1 aliphatic carbocycles. The fourth-order valence-electron chi connectivity index (χ4n) is 1.80. The smallest absolute Gasteiger partial charge is 0.240 e. The zero-order valence-electron chi connectivity index (χ0n) is 9.76. The molecule has 0 amide bonds. The van der Waals surface area contributed by atoms with E-state index in [1.807, 2.05) is 6.92 Å². The lowest BCUT2D eigenvalue weighted by Gasteiger charge is -2.06. The summed E-state index contributed by atoms with van der Waals surface area (Å²) >= 11 is 0. The molecular formula is C12H17NO3S. The van der Waals surface area contributed by atoms with E-state index in [9.17, 15) is 8.42 Å². The maximum Gasteiger partial charge on any atom is 0.240 e. The van der Waals surface area contributed by atoms with Crippen molar-refractivity contribution >= 4 is 10.0 Å². The monoisotopic (exact) mass is 255 g/mol. The van der Waals surface area contributed by atoms with Gasteiger partial charge in [0.05, 0.1) is 4.90 Å². The van der Waals surface area contributed by atoms with Crippen LogP contribution < -0.4 is 4.72 Å². The van der Waals surface area contributed by atoms with E-state index in [1.165, 1.54) is 0 Å². The minimum Gasteiger partial charge on any atom is -0.396 e. The van der Waals surface area contributed by atoms with Gasteiger partial charge < -0.3 is 5.11 Å². The molecule has 0 radical (unpaired) electrons. The van der Waals surface area contributed by atoms with Gasteiger partial charge in [-0.1, -0.05) is 17.7 Å². The average molecular weight is 255 g/mol. The van der Waals surface area contributed by atoms with Crippen LogP contribution in [0.4, 0.5) is 0 Å². The number of aryl methyl sites for hydroxylation is 1. The summed E-state index contributed by atoms with van der Waals surface area (Å²) in [7, 11) is -3.40. The fraction of sp³-hybridized carbons (Fsp3) is 0.500. The number of nitrogens with one attached hydrogen (secondary N) is 1. The highest BCUT2D eigenvalue weighted by atomic mass is 32.2. The van der Waals surface area contributed by atoms with E-state index in [1.54, 1.807) is 24.3 Å². The molecule has 0 heterocycles. The van der Waals surface area contributed by atoms with E-state index in [0.29, 0.717) is 17.4 Å². The summed E-state index contributed by atoms with van der Waals surface area (Å²) < 4.78 is 26.4. The molecule has 2 rings (SSSR count). The van der Waals surface area contributed by atoms with Crippen molar-refractivity contribution in [3.8, 4) is 0 Å². The molecule has 1 saturated carbocycles. The van der Waals surface area contributed by atoms with Crippen LogP contribution in [0.2, 0.25) is 0 Å². The maximum absolute atomic E-state index is 11.9. The van der Waals surface area contributed by atoms with Gasteiger partial charge in [0.25, 0.3) is 0 Å². The molecule has 5 heteroatoms. The molecule has 2 unspecified atom stereocenters. The topological polar surface area (TPSA) is 66.4 Å². The number of hydrogen-bond donors (Lipinski definition) is 2. The van der Waals surface area contributed by atoms with Crippen molar-refractivity contribution in [2.45, 2.75) is 18.2 Å². The number of aliphatic hydroxyl groups is 1. The predicted octanol–water partition coefficient (Wildman–Crippen LogP) is 0.902. The summed E-state index contributed by atoms with van der Waals surface area (Å²) in [6, 6.07) is 6.77.